The Balaban J connectivity index is 1.35. The van der Waals surface area contributed by atoms with Crippen molar-refractivity contribution in [1.29, 1.82) is 0 Å². The van der Waals surface area contributed by atoms with E-state index in [1.165, 1.54) is 95.2 Å². The molecule has 0 saturated heterocycles. The molecule has 0 radical (unpaired) electrons. The SMILES string of the molecule is CCCCCCCCCCCCOc1ccc(-c2ccc(SC(=O)c3ccc(O[C@@H](C)CCCCCC)cc3)cc2)cc1. The molecule has 1 atom stereocenters. The van der Waals surface area contributed by atoms with Gasteiger partial charge >= 0.3 is 0 Å². The zero-order valence-corrected chi connectivity index (χ0v) is 27.8. The summed E-state index contributed by atoms with van der Waals surface area (Å²) in [4.78, 5) is 13.8. The zero-order valence-electron chi connectivity index (χ0n) is 27.0. The van der Waals surface area contributed by atoms with E-state index in [2.05, 4.69) is 57.2 Å². The van der Waals surface area contributed by atoms with Gasteiger partial charge in [0.25, 0.3) is 0 Å². The summed E-state index contributed by atoms with van der Waals surface area (Å²) in [6, 6.07) is 24.1. The second-order valence-corrected chi connectivity index (χ2v) is 12.8. The van der Waals surface area contributed by atoms with Crippen molar-refractivity contribution in [2.45, 2.75) is 128 Å². The summed E-state index contributed by atoms with van der Waals surface area (Å²) in [5, 5.41) is 0.0378. The van der Waals surface area contributed by atoms with Crippen LogP contribution in [-0.4, -0.2) is 17.8 Å². The second kappa shape index (κ2) is 21.1. The minimum atomic E-state index is 0.0378. The molecular formula is C39H54O3S. The largest absolute Gasteiger partial charge is 0.494 e. The van der Waals surface area contributed by atoms with Gasteiger partial charge in [0, 0.05) is 10.5 Å². The Morgan fingerprint density at radius 1 is 0.605 bits per heavy atom. The molecule has 234 valence electrons. The van der Waals surface area contributed by atoms with Gasteiger partial charge < -0.3 is 9.47 Å². The van der Waals surface area contributed by atoms with E-state index >= 15 is 0 Å². The Bertz CT molecular complexity index is 1140. The number of carbonyl (C=O) groups is 1. The van der Waals surface area contributed by atoms with Gasteiger partial charge in [-0.25, -0.2) is 0 Å². The highest BCUT2D eigenvalue weighted by Gasteiger charge is 2.10. The van der Waals surface area contributed by atoms with Crippen LogP contribution in [0.15, 0.2) is 77.7 Å². The maximum Gasteiger partial charge on any atom is 0.224 e. The Kier molecular flexibility index (Phi) is 17.0. The summed E-state index contributed by atoms with van der Waals surface area (Å²) in [6.45, 7) is 7.40. The fraction of sp³-hybridized carbons (Fsp3) is 0.513. The van der Waals surface area contributed by atoms with Gasteiger partial charge in [-0.15, -0.1) is 0 Å². The van der Waals surface area contributed by atoms with Crippen molar-refractivity contribution >= 4 is 16.9 Å². The fourth-order valence-corrected chi connectivity index (χ4v) is 5.96. The van der Waals surface area contributed by atoms with Gasteiger partial charge in [0.15, 0.2) is 0 Å². The highest BCUT2D eigenvalue weighted by atomic mass is 32.2. The number of ether oxygens (including phenoxy) is 2. The molecule has 0 unspecified atom stereocenters. The van der Waals surface area contributed by atoms with E-state index in [1.807, 2.05) is 36.4 Å². The van der Waals surface area contributed by atoms with Crippen LogP contribution < -0.4 is 9.47 Å². The molecule has 3 nitrogen and oxygen atoms in total. The first-order chi connectivity index (χ1) is 21.1. The molecule has 3 aromatic carbocycles. The number of thioether (sulfide) groups is 1. The van der Waals surface area contributed by atoms with Crippen LogP contribution in [0.25, 0.3) is 11.1 Å². The van der Waals surface area contributed by atoms with E-state index < -0.39 is 0 Å². The number of carbonyl (C=O) groups excluding carboxylic acids is 1. The van der Waals surface area contributed by atoms with Crippen LogP contribution in [0.2, 0.25) is 0 Å². The van der Waals surface area contributed by atoms with Gasteiger partial charge in [-0.2, -0.15) is 0 Å². The third kappa shape index (κ3) is 14.1. The quantitative estimate of drug-likeness (QED) is 0.0846. The van der Waals surface area contributed by atoms with Gasteiger partial charge in [0.05, 0.1) is 12.7 Å². The predicted molar refractivity (Wildman–Crippen MR) is 185 cm³/mol. The number of hydrogen-bond donors (Lipinski definition) is 0. The van der Waals surface area contributed by atoms with E-state index in [9.17, 15) is 4.79 Å². The second-order valence-electron chi connectivity index (χ2n) is 11.8. The third-order valence-corrected chi connectivity index (χ3v) is 8.84. The topological polar surface area (TPSA) is 35.5 Å². The molecule has 3 rings (SSSR count). The summed E-state index contributed by atoms with van der Waals surface area (Å²) in [5.41, 5.74) is 2.96. The highest BCUT2D eigenvalue weighted by Crippen LogP contribution is 2.28. The minimum Gasteiger partial charge on any atom is -0.494 e. The lowest BCUT2D eigenvalue weighted by atomic mass is 10.1. The molecule has 0 bridgehead atoms. The van der Waals surface area contributed by atoms with Crippen molar-refractivity contribution in [3.05, 3.63) is 78.4 Å². The summed E-state index contributed by atoms with van der Waals surface area (Å²) >= 11 is 1.26. The Morgan fingerprint density at radius 3 is 1.67 bits per heavy atom. The molecule has 0 aliphatic carbocycles. The number of hydrogen-bond acceptors (Lipinski definition) is 4. The van der Waals surface area contributed by atoms with Gasteiger partial charge in [-0.05, 0) is 97.6 Å². The van der Waals surface area contributed by atoms with Crippen molar-refractivity contribution in [3.8, 4) is 22.6 Å². The minimum absolute atomic E-state index is 0.0378. The molecule has 0 saturated carbocycles. The molecular weight excluding hydrogens is 548 g/mol. The molecule has 0 spiro atoms. The normalized spacial score (nSPS) is 11.8. The molecule has 3 aromatic rings. The lowest BCUT2D eigenvalue weighted by Gasteiger charge is -2.14. The molecule has 0 aliphatic heterocycles. The third-order valence-electron chi connectivity index (χ3n) is 7.91. The first-order valence-electron chi connectivity index (χ1n) is 16.9. The van der Waals surface area contributed by atoms with Crippen LogP contribution in [0.1, 0.15) is 127 Å². The van der Waals surface area contributed by atoms with Crippen molar-refractivity contribution < 1.29 is 14.3 Å². The van der Waals surface area contributed by atoms with Gasteiger partial charge in [-0.3, -0.25) is 4.79 Å². The van der Waals surface area contributed by atoms with Gasteiger partial charge in [0.1, 0.15) is 11.5 Å². The van der Waals surface area contributed by atoms with E-state index in [0.29, 0.717) is 5.56 Å². The van der Waals surface area contributed by atoms with Crippen LogP contribution >= 0.6 is 11.8 Å². The maximum atomic E-state index is 12.9. The van der Waals surface area contributed by atoms with Crippen molar-refractivity contribution in [2.75, 3.05) is 6.61 Å². The standard InChI is InChI=1S/C39H54O3S/c1-4-6-8-10-11-12-13-14-15-17-31-41-36-25-19-33(20-26-36)34-23-29-38(30-24-34)43-39(40)35-21-27-37(28-22-35)42-32(3)18-16-9-7-5-2/h19-30,32H,4-18,31H2,1-3H3/t32-/m0/s1. The monoisotopic (exact) mass is 602 g/mol. The Hall–Kier alpha value is -2.72. The summed E-state index contributed by atoms with van der Waals surface area (Å²) in [7, 11) is 0. The number of benzene rings is 3. The van der Waals surface area contributed by atoms with Gasteiger partial charge in [0.2, 0.25) is 5.12 Å². The molecule has 43 heavy (non-hydrogen) atoms. The smallest absolute Gasteiger partial charge is 0.224 e. The van der Waals surface area contributed by atoms with E-state index in [1.54, 1.807) is 0 Å². The van der Waals surface area contributed by atoms with E-state index in [-0.39, 0.29) is 11.2 Å². The van der Waals surface area contributed by atoms with E-state index in [0.717, 1.165) is 47.0 Å². The Labute approximate surface area is 266 Å². The first kappa shape index (κ1) is 34.8. The summed E-state index contributed by atoms with van der Waals surface area (Å²) < 4.78 is 12.0. The molecule has 0 fully saturated rings. The van der Waals surface area contributed by atoms with E-state index in [4.69, 9.17) is 9.47 Å². The molecule has 0 heterocycles. The molecule has 0 N–H and O–H groups in total. The maximum absolute atomic E-state index is 12.9. The first-order valence-corrected chi connectivity index (χ1v) is 17.7. The van der Waals surface area contributed by atoms with Crippen molar-refractivity contribution in [2.24, 2.45) is 0 Å². The van der Waals surface area contributed by atoms with Crippen LogP contribution in [0.4, 0.5) is 0 Å². The predicted octanol–water partition coefficient (Wildman–Crippen LogP) is 12.3. The van der Waals surface area contributed by atoms with Crippen molar-refractivity contribution in [3.63, 3.8) is 0 Å². The van der Waals surface area contributed by atoms with Crippen LogP contribution in [0.3, 0.4) is 0 Å². The number of rotatable bonds is 22. The lowest BCUT2D eigenvalue weighted by molar-refractivity contribution is 0.108. The number of unbranched alkanes of at least 4 members (excludes halogenated alkanes) is 12. The van der Waals surface area contributed by atoms with Crippen LogP contribution in [0.5, 0.6) is 11.5 Å². The zero-order chi connectivity index (χ0) is 30.5. The highest BCUT2D eigenvalue weighted by molar-refractivity contribution is 8.14. The van der Waals surface area contributed by atoms with Gasteiger partial charge in [-0.1, -0.05) is 115 Å². The fourth-order valence-electron chi connectivity index (χ4n) is 5.22. The lowest BCUT2D eigenvalue weighted by Crippen LogP contribution is -2.11. The molecule has 0 aromatic heterocycles. The Morgan fingerprint density at radius 2 is 1.09 bits per heavy atom. The average Bonchev–Trinajstić information content (AvgIpc) is 3.03. The average molecular weight is 603 g/mol. The van der Waals surface area contributed by atoms with Crippen molar-refractivity contribution in [1.82, 2.24) is 0 Å². The molecule has 0 amide bonds. The summed E-state index contributed by atoms with van der Waals surface area (Å²) in [5.74, 6) is 1.75. The van der Waals surface area contributed by atoms with Crippen LogP contribution in [-0.2, 0) is 0 Å². The molecule has 0 aliphatic rings. The molecule has 4 heteroatoms. The van der Waals surface area contributed by atoms with Crippen LogP contribution in [0, 0.1) is 0 Å². The summed E-state index contributed by atoms with van der Waals surface area (Å²) in [6.07, 6.45) is 19.6.